The van der Waals surface area contributed by atoms with Gasteiger partial charge in [-0.05, 0) is 30.7 Å². The molecule has 0 bridgehead atoms. The van der Waals surface area contributed by atoms with Crippen molar-refractivity contribution in [1.82, 2.24) is 9.88 Å². The molecule has 0 spiro atoms. The Kier molecular flexibility index (Phi) is 6.79. The maximum absolute atomic E-state index is 13.2. The van der Waals surface area contributed by atoms with Crippen molar-refractivity contribution in [1.29, 1.82) is 0 Å². The highest BCUT2D eigenvalue weighted by Gasteiger charge is 2.19. The second-order valence-corrected chi connectivity index (χ2v) is 7.46. The molecule has 31 heavy (non-hydrogen) atoms. The van der Waals surface area contributed by atoms with Crippen molar-refractivity contribution in [2.24, 2.45) is 0 Å². The van der Waals surface area contributed by atoms with E-state index in [1.807, 2.05) is 67.6 Å². The summed E-state index contributed by atoms with van der Waals surface area (Å²) < 4.78 is 17.6. The van der Waals surface area contributed by atoms with Crippen molar-refractivity contribution in [3.05, 3.63) is 83.6 Å². The Morgan fingerprint density at radius 2 is 1.87 bits per heavy atom. The van der Waals surface area contributed by atoms with E-state index in [9.17, 15) is 4.79 Å². The first-order valence-electron chi connectivity index (χ1n) is 10.4. The van der Waals surface area contributed by atoms with Gasteiger partial charge in [0.1, 0.15) is 6.61 Å². The van der Waals surface area contributed by atoms with Gasteiger partial charge in [-0.3, -0.25) is 4.79 Å². The third kappa shape index (κ3) is 5.61. The number of rotatable bonds is 2. The van der Waals surface area contributed by atoms with Crippen LogP contribution < -0.4 is 9.47 Å². The van der Waals surface area contributed by atoms with Crippen LogP contribution in [0.3, 0.4) is 0 Å². The molecule has 0 saturated carbocycles. The first-order valence-corrected chi connectivity index (χ1v) is 10.4. The largest absolute Gasteiger partial charge is 0.487 e. The minimum absolute atomic E-state index is 0.0375. The highest BCUT2D eigenvalue weighted by Crippen LogP contribution is 2.32. The van der Waals surface area contributed by atoms with Crippen molar-refractivity contribution >= 4 is 5.91 Å². The number of aryl methyl sites for hydroxylation is 1. The molecule has 6 heteroatoms. The van der Waals surface area contributed by atoms with E-state index in [0.29, 0.717) is 56.7 Å². The molecule has 2 heterocycles. The molecule has 0 aliphatic carbocycles. The summed E-state index contributed by atoms with van der Waals surface area (Å²) in [5, 5.41) is 0. The zero-order chi connectivity index (χ0) is 21.5. The highest BCUT2D eigenvalue weighted by atomic mass is 16.5. The molecule has 0 unspecified atom stereocenters. The third-order valence-electron chi connectivity index (χ3n) is 5.05. The van der Waals surface area contributed by atoms with E-state index in [4.69, 9.17) is 14.2 Å². The molecule has 3 aromatic rings. The number of aromatic nitrogens is 1. The maximum atomic E-state index is 13.2. The topological polar surface area (TPSA) is 60.9 Å². The summed E-state index contributed by atoms with van der Waals surface area (Å²) in [6.07, 6.45) is 2.02. The third-order valence-corrected chi connectivity index (χ3v) is 5.05. The average molecular weight is 418 g/mol. The number of benzene rings is 2. The van der Waals surface area contributed by atoms with Crippen LogP contribution in [0.25, 0.3) is 0 Å². The number of amides is 1. The van der Waals surface area contributed by atoms with Gasteiger partial charge in [0.2, 0.25) is 11.8 Å². The molecule has 0 atom stereocenters. The van der Waals surface area contributed by atoms with Crippen LogP contribution in [-0.2, 0) is 22.5 Å². The lowest BCUT2D eigenvalue weighted by Crippen LogP contribution is -2.35. The number of para-hydroxylation sites is 2. The molecule has 0 radical (unpaired) electrons. The van der Waals surface area contributed by atoms with Gasteiger partial charge in [0, 0.05) is 18.3 Å². The molecule has 0 saturated heterocycles. The van der Waals surface area contributed by atoms with Crippen LogP contribution in [0, 0.1) is 6.92 Å². The second kappa shape index (κ2) is 10.1. The molecule has 0 N–H and O–H groups in total. The lowest BCUT2D eigenvalue weighted by atomic mass is 10.1. The van der Waals surface area contributed by atoms with Crippen molar-refractivity contribution in [3.63, 3.8) is 0 Å². The van der Waals surface area contributed by atoms with E-state index in [1.165, 1.54) is 0 Å². The predicted octanol–water partition coefficient (Wildman–Crippen LogP) is 4.16. The first kappa shape index (κ1) is 20.9. The predicted molar refractivity (Wildman–Crippen MR) is 117 cm³/mol. The summed E-state index contributed by atoms with van der Waals surface area (Å²) in [6.45, 7) is 4.15. The summed E-state index contributed by atoms with van der Waals surface area (Å²) in [7, 11) is 0. The summed E-state index contributed by atoms with van der Waals surface area (Å²) >= 11 is 0. The van der Waals surface area contributed by atoms with Crippen LogP contribution in [-0.4, -0.2) is 42.2 Å². The number of nitrogens with zero attached hydrogens (tertiary/aromatic N) is 2. The molecule has 6 nitrogen and oxygen atoms in total. The van der Waals surface area contributed by atoms with E-state index in [1.54, 1.807) is 11.1 Å². The monoisotopic (exact) mass is 418 g/mol. The Labute approximate surface area is 182 Å². The summed E-state index contributed by atoms with van der Waals surface area (Å²) in [5.74, 6) is 1.72. The van der Waals surface area contributed by atoms with Gasteiger partial charge in [-0.1, -0.05) is 48.0 Å². The van der Waals surface area contributed by atoms with E-state index in [0.717, 1.165) is 16.7 Å². The lowest BCUT2D eigenvalue weighted by Gasteiger charge is -2.23. The molecular formula is C25H26N2O4. The van der Waals surface area contributed by atoms with Crippen LogP contribution in [0.5, 0.6) is 17.4 Å². The Bertz CT molecular complexity index is 1040. The van der Waals surface area contributed by atoms with E-state index in [-0.39, 0.29) is 5.91 Å². The van der Waals surface area contributed by atoms with Gasteiger partial charge in [-0.25, -0.2) is 4.98 Å². The molecule has 1 aliphatic rings. The minimum Gasteiger partial charge on any atom is -0.487 e. The van der Waals surface area contributed by atoms with Crippen LogP contribution in [0.2, 0.25) is 0 Å². The van der Waals surface area contributed by atoms with E-state index in [2.05, 4.69) is 4.98 Å². The number of hydrogen-bond donors (Lipinski definition) is 0. The fourth-order valence-electron chi connectivity index (χ4n) is 3.49. The van der Waals surface area contributed by atoms with Crippen molar-refractivity contribution in [3.8, 4) is 17.4 Å². The van der Waals surface area contributed by atoms with E-state index >= 15 is 0 Å². The number of ether oxygens (including phenoxy) is 3. The number of hydrogen-bond acceptors (Lipinski definition) is 5. The number of carbonyl (C=O) groups is 1. The van der Waals surface area contributed by atoms with E-state index < -0.39 is 0 Å². The van der Waals surface area contributed by atoms with Crippen LogP contribution in [0.4, 0.5) is 0 Å². The number of carbonyl (C=O) groups excluding carboxylic acids is 1. The summed E-state index contributed by atoms with van der Waals surface area (Å²) in [5.41, 5.74) is 2.97. The van der Waals surface area contributed by atoms with Crippen LogP contribution >= 0.6 is 0 Å². The zero-order valence-electron chi connectivity index (χ0n) is 17.6. The molecule has 1 aliphatic heterocycles. The molecule has 2 aromatic carbocycles. The maximum Gasteiger partial charge on any atom is 0.227 e. The molecule has 160 valence electrons. The van der Waals surface area contributed by atoms with Gasteiger partial charge in [0.05, 0.1) is 26.2 Å². The molecule has 1 aromatic heterocycles. The smallest absolute Gasteiger partial charge is 0.227 e. The first-order chi connectivity index (χ1) is 15.2. The average Bonchev–Trinajstić information content (AvgIpc) is 2.78. The zero-order valence-corrected chi connectivity index (χ0v) is 17.6. The van der Waals surface area contributed by atoms with Crippen molar-refractivity contribution < 1.29 is 19.0 Å². The summed E-state index contributed by atoms with van der Waals surface area (Å²) in [4.78, 5) is 19.4. The lowest BCUT2D eigenvalue weighted by molar-refractivity contribution is -0.131. The van der Waals surface area contributed by atoms with Gasteiger partial charge in [-0.15, -0.1) is 0 Å². The van der Waals surface area contributed by atoms with Crippen molar-refractivity contribution in [2.45, 2.75) is 19.9 Å². The SMILES string of the molecule is Cc1cccc(CC(=O)N2CCOCCOc3ccccc3Oc3ncccc3C2)c1. The Morgan fingerprint density at radius 1 is 1.00 bits per heavy atom. The second-order valence-electron chi connectivity index (χ2n) is 7.46. The highest BCUT2D eigenvalue weighted by molar-refractivity contribution is 5.79. The fraction of sp³-hybridized carbons (Fsp3) is 0.280. The molecule has 1 amide bonds. The molecule has 4 rings (SSSR count). The van der Waals surface area contributed by atoms with Crippen molar-refractivity contribution in [2.75, 3.05) is 26.4 Å². The van der Waals surface area contributed by atoms with Gasteiger partial charge >= 0.3 is 0 Å². The van der Waals surface area contributed by atoms with Gasteiger partial charge in [0.25, 0.3) is 0 Å². The Morgan fingerprint density at radius 3 is 2.74 bits per heavy atom. The Hall–Kier alpha value is -3.38. The minimum atomic E-state index is 0.0375. The standard InChI is InChI=1S/C25H26N2O4/c1-19-6-4-7-20(16-19)17-24(28)27-12-13-29-14-15-30-22-9-2-3-10-23(22)31-25-21(18-27)8-5-11-26-25/h2-11,16H,12-15,17-18H2,1H3. The van der Waals surface area contributed by atoms with Gasteiger partial charge in [0.15, 0.2) is 11.5 Å². The summed E-state index contributed by atoms with van der Waals surface area (Å²) in [6, 6.07) is 19.3. The number of pyridine rings is 1. The quantitative estimate of drug-likeness (QED) is 0.625. The van der Waals surface area contributed by atoms with Crippen LogP contribution in [0.15, 0.2) is 66.9 Å². The fourth-order valence-corrected chi connectivity index (χ4v) is 3.49. The normalized spacial score (nSPS) is 14.5. The molecular weight excluding hydrogens is 392 g/mol. The molecule has 0 fully saturated rings. The number of fused-ring (bicyclic) bond motifs is 2. The van der Waals surface area contributed by atoms with Gasteiger partial charge in [-0.2, -0.15) is 0 Å². The van der Waals surface area contributed by atoms with Crippen LogP contribution in [0.1, 0.15) is 16.7 Å². The Balaban J connectivity index is 1.60. The van der Waals surface area contributed by atoms with Gasteiger partial charge < -0.3 is 19.1 Å².